The molecule has 0 aliphatic rings. The molecule has 1 aromatic heterocycles. The summed E-state index contributed by atoms with van der Waals surface area (Å²) >= 11 is 3.25. The van der Waals surface area contributed by atoms with E-state index in [0.29, 0.717) is 15.4 Å². The summed E-state index contributed by atoms with van der Waals surface area (Å²) < 4.78 is 52.9. The average Bonchev–Trinajstić information content (AvgIpc) is 2.27. The minimum absolute atomic E-state index is 0.215. The van der Waals surface area contributed by atoms with Gasteiger partial charge in [0.2, 0.25) is 0 Å². The van der Waals surface area contributed by atoms with Gasteiger partial charge in [0.1, 0.15) is 0 Å². The Bertz CT molecular complexity index is 673. The van der Waals surface area contributed by atoms with E-state index in [1.807, 2.05) is 0 Å². The molecule has 2 aromatic rings. The Balaban J connectivity index is 2.60. The fourth-order valence-corrected chi connectivity index (χ4v) is 1.60. The summed E-state index contributed by atoms with van der Waals surface area (Å²) in [6, 6.07) is 2.60. The number of benzene rings is 1. The van der Waals surface area contributed by atoms with Crippen LogP contribution in [0.25, 0.3) is 10.9 Å². The summed E-state index contributed by atoms with van der Waals surface area (Å²) in [7, 11) is -5.49. The van der Waals surface area contributed by atoms with Crippen LogP contribution in [0.15, 0.2) is 22.8 Å². The molecule has 0 saturated carbocycles. The van der Waals surface area contributed by atoms with Crippen LogP contribution in [0, 0.1) is 0 Å². The van der Waals surface area contributed by atoms with Crippen molar-refractivity contribution in [2.24, 2.45) is 0 Å². The monoisotopic (exact) mass is 274 g/mol. The molecule has 0 N–H and O–H groups in total. The third-order valence-electron chi connectivity index (χ3n) is 1.88. The van der Waals surface area contributed by atoms with Crippen LogP contribution in [0.1, 0.15) is 8.22 Å². The molecule has 0 radical (unpaired) electrons. The first-order valence-corrected chi connectivity index (χ1v) is 4.67. The molecular weight excluding hydrogens is 260 g/mol. The zero-order valence-corrected chi connectivity index (χ0v) is 8.91. The van der Waals surface area contributed by atoms with E-state index in [4.69, 9.17) is 17.7 Å². The molecule has 1 aromatic carbocycles. The highest BCUT2D eigenvalue weighted by Crippen LogP contribution is 2.33. The predicted molar refractivity (Wildman–Crippen MR) is 60.3 cm³/mol. The van der Waals surface area contributed by atoms with Crippen LogP contribution in [0.3, 0.4) is 0 Å². The summed E-state index contributed by atoms with van der Waals surface area (Å²) in [6.45, 7) is 0. The molecule has 0 bridgehead atoms. The van der Waals surface area contributed by atoms with Gasteiger partial charge >= 0.3 is 0 Å². The van der Waals surface area contributed by atoms with E-state index in [0.717, 1.165) is 0 Å². The van der Waals surface area contributed by atoms with E-state index in [-0.39, 0.29) is 11.5 Å². The highest BCUT2D eigenvalue weighted by molar-refractivity contribution is 9.10. The molecule has 0 spiro atoms. The Hall–Kier alpha value is -1.36. The first-order valence-electron chi connectivity index (χ1n) is 6.88. The van der Waals surface area contributed by atoms with Gasteiger partial charge in [-0.2, -0.15) is 10.2 Å². The van der Waals surface area contributed by atoms with E-state index >= 15 is 0 Å². The Morgan fingerprint density at radius 2 is 2.00 bits per heavy atom. The second-order valence-corrected chi connectivity index (χ2v) is 3.57. The van der Waals surface area contributed by atoms with E-state index in [9.17, 15) is 0 Å². The smallest absolute Gasteiger partial charge is 0.162 e. The molecule has 0 fully saturated rings. The number of aromatic nitrogens is 2. The molecule has 0 aliphatic heterocycles. The van der Waals surface area contributed by atoms with Gasteiger partial charge in [-0.05, 0) is 22.0 Å². The number of hydrogen-bond donors (Lipinski definition) is 0. The highest BCUT2D eigenvalue weighted by Gasteiger charge is 2.08. The minimum Gasteiger partial charge on any atom is -0.493 e. The molecular formula is C10H9BrN2O2. The summed E-state index contributed by atoms with van der Waals surface area (Å²) in [5.41, 5.74) is 0.335. The van der Waals surface area contributed by atoms with Crippen molar-refractivity contribution in [2.45, 2.75) is 0 Å². The van der Waals surface area contributed by atoms with E-state index in [1.54, 1.807) is 0 Å². The summed E-state index contributed by atoms with van der Waals surface area (Å²) in [5, 5.41) is 8.06. The molecule has 78 valence electrons. The maximum atomic E-state index is 7.13. The highest BCUT2D eigenvalue weighted by atomic mass is 79.9. The van der Waals surface area contributed by atoms with Crippen molar-refractivity contribution < 1.29 is 17.7 Å². The maximum absolute atomic E-state index is 7.13. The second kappa shape index (κ2) is 4.02. The quantitative estimate of drug-likeness (QED) is 0.844. The normalized spacial score (nSPS) is 17.9. The predicted octanol–water partition coefficient (Wildman–Crippen LogP) is 2.41. The van der Waals surface area contributed by atoms with Gasteiger partial charge in [-0.1, -0.05) is 0 Å². The Kier molecular flexibility index (Phi) is 1.37. The Morgan fingerprint density at radius 1 is 1.27 bits per heavy atom. The van der Waals surface area contributed by atoms with Crippen molar-refractivity contribution in [1.29, 1.82) is 0 Å². The van der Waals surface area contributed by atoms with Gasteiger partial charge in [0, 0.05) is 15.9 Å². The number of methoxy groups -OCH3 is 2. The lowest BCUT2D eigenvalue weighted by Gasteiger charge is -2.08. The SMILES string of the molecule is [2H]C([2H])([2H])Oc1cc2nncc(Br)c2cc1OC([2H])([2H])[2H]. The average molecular weight is 275 g/mol. The van der Waals surface area contributed by atoms with Crippen molar-refractivity contribution in [3.63, 3.8) is 0 Å². The fourth-order valence-electron chi connectivity index (χ4n) is 1.19. The first kappa shape index (κ1) is 5.12. The first-order chi connectivity index (χ1) is 9.55. The van der Waals surface area contributed by atoms with Crippen LogP contribution in [-0.4, -0.2) is 24.3 Å². The van der Waals surface area contributed by atoms with Gasteiger partial charge in [-0.15, -0.1) is 0 Å². The summed E-state index contributed by atoms with van der Waals surface area (Å²) in [4.78, 5) is 0. The standard InChI is InChI=1S/C10H9BrN2O2/c1-14-9-3-6-7(11)5-12-13-8(6)4-10(9)15-2/h3-5H,1-2H3/i1D3,2D3. The number of hydrogen-bond acceptors (Lipinski definition) is 4. The third-order valence-corrected chi connectivity index (χ3v) is 2.51. The number of rotatable bonds is 2. The van der Waals surface area contributed by atoms with Gasteiger partial charge in [0.15, 0.2) is 11.5 Å². The number of halogens is 1. The van der Waals surface area contributed by atoms with Crippen LogP contribution in [0.5, 0.6) is 11.5 Å². The lowest BCUT2D eigenvalue weighted by molar-refractivity contribution is 0.355. The summed E-state index contributed by atoms with van der Waals surface area (Å²) in [6.07, 6.45) is 1.42. The van der Waals surface area contributed by atoms with E-state index in [1.165, 1.54) is 18.3 Å². The number of nitrogens with zero attached hydrogens (tertiary/aromatic N) is 2. The van der Waals surface area contributed by atoms with Crippen LogP contribution in [0.2, 0.25) is 0 Å². The maximum Gasteiger partial charge on any atom is 0.162 e. The Labute approximate surface area is 104 Å². The largest absolute Gasteiger partial charge is 0.493 e. The van der Waals surface area contributed by atoms with Crippen molar-refractivity contribution in [3.05, 3.63) is 22.8 Å². The third kappa shape index (κ3) is 1.74. The van der Waals surface area contributed by atoms with Crippen molar-refractivity contribution in [2.75, 3.05) is 14.1 Å². The molecule has 2 rings (SSSR count). The molecule has 0 aliphatic carbocycles. The molecule has 0 atom stereocenters. The van der Waals surface area contributed by atoms with Crippen molar-refractivity contribution in [3.8, 4) is 11.5 Å². The number of fused-ring (bicyclic) bond motifs is 1. The lowest BCUT2D eigenvalue weighted by Crippen LogP contribution is -1.92. The van der Waals surface area contributed by atoms with Gasteiger partial charge in [-0.25, -0.2) is 0 Å². The van der Waals surface area contributed by atoms with Crippen molar-refractivity contribution >= 4 is 26.8 Å². The second-order valence-electron chi connectivity index (χ2n) is 2.71. The molecule has 4 nitrogen and oxygen atoms in total. The fraction of sp³-hybridized carbons (Fsp3) is 0.200. The molecule has 0 saturated heterocycles. The van der Waals surface area contributed by atoms with Crippen LogP contribution < -0.4 is 9.47 Å². The number of ether oxygens (including phenoxy) is 2. The van der Waals surface area contributed by atoms with Crippen LogP contribution in [0.4, 0.5) is 0 Å². The zero-order chi connectivity index (χ0) is 15.8. The zero-order valence-electron chi connectivity index (χ0n) is 13.3. The Morgan fingerprint density at radius 3 is 2.73 bits per heavy atom. The van der Waals surface area contributed by atoms with Crippen LogP contribution >= 0.6 is 15.9 Å². The molecule has 0 unspecified atom stereocenters. The summed E-state index contributed by atoms with van der Waals surface area (Å²) in [5.74, 6) is -0.460. The van der Waals surface area contributed by atoms with Gasteiger partial charge in [0.05, 0.1) is 34.0 Å². The topological polar surface area (TPSA) is 44.2 Å². The molecule has 0 amide bonds. The molecule has 5 heteroatoms. The van der Waals surface area contributed by atoms with Crippen molar-refractivity contribution in [1.82, 2.24) is 10.2 Å². The van der Waals surface area contributed by atoms with E-state index in [2.05, 4.69) is 26.1 Å². The van der Waals surface area contributed by atoms with E-state index < -0.39 is 14.1 Å². The lowest BCUT2D eigenvalue weighted by atomic mass is 10.2. The van der Waals surface area contributed by atoms with Gasteiger partial charge in [0.25, 0.3) is 0 Å². The van der Waals surface area contributed by atoms with Crippen LogP contribution in [-0.2, 0) is 0 Å². The van der Waals surface area contributed by atoms with Gasteiger partial charge < -0.3 is 9.47 Å². The minimum atomic E-state index is -2.75. The van der Waals surface area contributed by atoms with Gasteiger partial charge in [-0.3, -0.25) is 0 Å². The molecule has 15 heavy (non-hydrogen) atoms. The molecule has 1 heterocycles.